The Labute approximate surface area is 115 Å². The molecule has 1 aromatic heterocycles. The number of hydrogen-bond donors (Lipinski definition) is 2. The van der Waals surface area contributed by atoms with Crippen LogP contribution in [0.1, 0.15) is 12.8 Å². The molecule has 19 heavy (non-hydrogen) atoms. The Morgan fingerprint density at radius 2 is 2.32 bits per heavy atom. The third kappa shape index (κ3) is 3.65. The molecule has 0 radical (unpaired) electrons. The minimum Gasteiger partial charge on any atom is -0.480 e. The fourth-order valence-corrected chi connectivity index (χ4v) is 2.22. The van der Waals surface area contributed by atoms with E-state index in [2.05, 4.69) is 10.3 Å². The summed E-state index contributed by atoms with van der Waals surface area (Å²) in [6, 6.07) is 2.66. The molecule has 7 heteroatoms. The van der Waals surface area contributed by atoms with Crippen molar-refractivity contribution in [2.24, 2.45) is 0 Å². The average molecular weight is 284 g/mol. The van der Waals surface area contributed by atoms with Crippen LogP contribution >= 0.6 is 11.6 Å². The lowest BCUT2D eigenvalue weighted by Crippen LogP contribution is -2.41. The largest absolute Gasteiger partial charge is 0.480 e. The van der Waals surface area contributed by atoms with Crippen molar-refractivity contribution in [1.29, 1.82) is 0 Å². The smallest absolute Gasteiger partial charge is 0.320 e. The molecule has 1 atom stereocenters. The molecule has 0 spiro atoms. The summed E-state index contributed by atoms with van der Waals surface area (Å²) in [6.45, 7) is 0.680. The topological polar surface area (TPSA) is 82.5 Å². The standard InChI is InChI=1S/C12H14ClN3O3/c13-8-3-4-10(14-6-8)15-11(17)7-16-5-1-2-9(16)12(18)19/h3-4,6,9H,1-2,5,7H2,(H,18,19)(H,14,15,17). The number of nitrogens with one attached hydrogen (secondary N) is 1. The van der Waals surface area contributed by atoms with Crippen LogP contribution in [-0.2, 0) is 9.59 Å². The third-order valence-corrected chi connectivity index (χ3v) is 3.21. The Bertz CT molecular complexity index is 478. The number of aromatic nitrogens is 1. The lowest BCUT2D eigenvalue weighted by molar-refractivity contribution is -0.142. The van der Waals surface area contributed by atoms with Gasteiger partial charge in [-0.15, -0.1) is 0 Å². The van der Waals surface area contributed by atoms with Gasteiger partial charge >= 0.3 is 5.97 Å². The van der Waals surface area contributed by atoms with Gasteiger partial charge in [0.05, 0.1) is 11.6 Å². The van der Waals surface area contributed by atoms with Crippen molar-refractivity contribution < 1.29 is 14.7 Å². The molecule has 0 saturated carbocycles. The molecular formula is C12H14ClN3O3. The molecule has 0 aromatic carbocycles. The van der Waals surface area contributed by atoms with Gasteiger partial charge in [-0.3, -0.25) is 14.5 Å². The van der Waals surface area contributed by atoms with Crippen molar-refractivity contribution in [3.63, 3.8) is 0 Å². The van der Waals surface area contributed by atoms with Gasteiger partial charge in [-0.2, -0.15) is 0 Å². The maximum atomic E-state index is 11.8. The van der Waals surface area contributed by atoms with E-state index in [-0.39, 0.29) is 12.5 Å². The highest BCUT2D eigenvalue weighted by Gasteiger charge is 2.31. The Balaban J connectivity index is 1.90. The first kappa shape index (κ1) is 13.8. The summed E-state index contributed by atoms with van der Waals surface area (Å²) < 4.78 is 0. The molecule has 2 heterocycles. The van der Waals surface area contributed by atoms with Crippen LogP contribution in [0.15, 0.2) is 18.3 Å². The zero-order valence-corrected chi connectivity index (χ0v) is 10.9. The van der Waals surface area contributed by atoms with E-state index in [1.165, 1.54) is 6.20 Å². The van der Waals surface area contributed by atoms with Crippen LogP contribution < -0.4 is 5.32 Å². The van der Waals surface area contributed by atoms with Crippen LogP contribution in [0, 0.1) is 0 Å². The van der Waals surface area contributed by atoms with E-state index in [0.717, 1.165) is 6.42 Å². The fraction of sp³-hybridized carbons (Fsp3) is 0.417. The van der Waals surface area contributed by atoms with Crippen LogP contribution in [0.3, 0.4) is 0 Å². The van der Waals surface area contributed by atoms with Crippen LogP contribution in [0.4, 0.5) is 5.82 Å². The second-order valence-corrected chi connectivity index (χ2v) is 4.81. The van der Waals surface area contributed by atoms with E-state index in [1.807, 2.05) is 0 Å². The van der Waals surface area contributed by atoms with Crippen LogP contribution in [-0.4, -0.2) is 46.0 Å². The SMILES string of the molecule is O=C(CN1CCCC1C(=O)O)Nc1ccc(Cl)cn1. The number of carboxylic acids is 1. The number of pyridine rings is 1. The average Bonchev–Trinajstić information content (AvgIpc) is 2.80. The number of carbonyl (C=O) groups excluding carboxylic acids is 1. The first-order valence-corrected chi connectivity index (χ1v) is 6.32. The maximum Gasteiger partial charge on any atom is 0.320 e. The zero-order chi connectivity index (χ0) is 13.8. The third-order valence-electron chi connectivity index (χ3n) is 2.99. The molecule has 1 amide bonds. The first-order valence-electron chi connectivity index (χ1n) is 5.94. The monoisotopic (exact) mass is 283 g/mol. The lowest BCUT2D eigenvalue weighted by Gasteiger charge is -2.19. The number of nitrogens with zero attached hydrogens (tertiary/aromatic N) is 2. The quantitative estimate of drug-likeness (QED) is 0.868. The Morgan fingerprint density at radius 1 is 1.53 bits per heavy atom. The van der Waals surface area contributed by atoms with Crippen LogP contribution in [0.25, 0.3) is 0 Å². The highest BCUT2D eigenvalue weighted by molar-refractivity contribution is 6.30. The van der Waals surface area contributed by atoms with E-state index >= 15 is 0 Å². The molecule has 1 aromatic rings. The summed E-state index contributed by atoms with van der Waals surface area (Å²) in [4.78, 5) is 28.4. The number of amides is 1. The predicted octanol–water partition coefficient (Wildman–Crippen LogP) is 1.22. The van der Waals surface area contributed by atoms with E-state index < -0.39 is 12.0 Å². The molecule has 6 nitrogen and oxygen atoms in total. The molecule has 0 aliphatic carbocycles. The minimum absolute atomic E-state index is 0.0568. The molecular weight excluding hydrogens is 270 g/mol. The summed E-state index contributed by atoms with van der Waals surface area (Å²) in [5.74, 6) is -0.752. The highest BCUT2D eigenvalue weighted by atomic mass is 35.5. The second kappa shape index (κ2) is 5.99. The Kier molecular flexibility index (Phi) is 4.34. The van der Waals surface area contributed by atoms with Gasteiger partial charge in [0.15, 0.2) is 0 Å². The summed E-state index contributed by atoms with van der Waals surface area (Å²) in [7, 11) is 0. The maximum absolute atomic E-state index is 11.8. The normalized spacial score (nSPS) is 19.3. The number of carbonyl (C=O) groups is 2. The van der Waals surface area contributed by atoms with Gasteiger partial charge in [-0.1, -0.05) is 11.6 Å². The van der Waals surface area contributed by atoms with Gasteiger partial charge in [0.2, 0.25) is 5.91 Å². The number of aliphatic carboxylic acids is 1. The van der Waals surface area contributed by atoms with E-state index in [0.29, 0.717) is 23.8 Å². The van der Waals surface area contributed by atoms with Gasteiger partial charge in [-0.05, 0) is 31.5 Å². The van der Waals surface area contributed by atoms with Gasteiger partial charge < -0.3 is 10.4 Å². The summed E-state index contributed by atoms with van der Waals surface area (Å²) >= 11 is 5.69. The van der Waals surface area contributed by atoms with Crippen molar-refractivity contribution in [2.45, 2.75) is 18.9 Å². The first-order chi connectivity index (χ1) is 9.06. The molecule has 102 valence electrons. The van der Waals surface area contributed by atoms with E-state index in [9.17, 15) is 9.59 Å². The highest BCUT2D eigenvalue weighted by Crippen LogP contribution is 2.17. The van der Waals surface area contributed by atoms with Crippen molar-refractivity contribution in [3.8, 4) is 0 Å². The molecule has 2 rings (SSSR count). The minimum atomic E-state index is -0.880. The Hall–Kier alpha value is -1.66. The molecule has 1 aliphatic heterocycles. The molecule has 1 aliphatic rings. The van der Waals surface area contributed by atoms with Crippen LogP contribution in [0.2, 0.25) is 5.02 Å². The van der Waals surface area contributed by atoms with Crippen LogP contribution in [0.5, 0.6) is 0 Å². The molecule has 1 unspecified atom stereocenters. The zero-order valence-electron chi connectivity index (χ0n) is 10.2. The van der Waals surface area contributed by atoms with Gasteiger partial charge in [0.1, 0.15) is 11.9 Å². The van der Waals surface area contributed by atoms with Gasteiger partial charge in [0, 0.05) is 6.20 Å². The summed E-state index contributed by atoms with van der Waals surface area (Å²) in [5.41, 5.74) is 0. The molecule has 0 bridgehead atoms. The predicted molar refractivity (Wildman–Crippen MR) is 70.1 cm³/mol. The molecule has 1 fully saturated rings. The van der Waals surface area contributed by atoms with Crippen molar-refractivity contribution in [3.05, 3.63) is 23.4 Å². The van der Waals surface area contributed by atoms with Crippen molar-refractivity contribution in [2.75, 3.05) is 18.4 Å². The van der Waals surface area contributed by atoms with E-state index in [4.69, 9.17) is 16.7 Å². The Morgan fingerprint density at radius 3 is 2.95 bits per heavy atom. The number of hydrogen-bond acceptors (Lipinski definition) is 4. The van der Waals surface area contributed by atoms with Gasteiger partial charge in [-0.25, -0.2) is 4.98 Å². The molecule has 1 saturated heterocycles. The molecule has 2 N–H and O–H groups in total. The van der Waals surface area contributed by atoms with Gasteiger partial charge in [0.25, 0.3) is 0 Å². The number of rotatable bonds is 4. The van der Waals surface area contributed by atoms with Crippen molar-refractivity contribution in [1.82, 2.24) is 9.88 Å². The second-order valence-electron chi connectivity index (χ2n) is 4.38. The number of halogens is 1. The lowest BCUT2D eigenvalue weighted by atomic mass is 10.2. The number of likely N-dealkylation sites (tertiary alicyclic amines) is 1. The van der Waals surface area contributed by atoms with E-state index in [1.54, 1.807) is 17.0 Å². The van der Waals surface area contributed by atoms with Crippen molar-refractivity contribution >= 4 is 29.3 Å². The number of anilines is 1. The fourth-order valence-electron chi connectivity index (χ4n) is 2.11. The number of carboxylic acid groups (broad SMARTS) is 1. The summed E-state index contributed by atoms with van der Waals surface area (Å²) in [5, 5.41) is 12.1. The summed E-state index contributed by atoms with van der Waals surface area (Å²) in [6.07, 6.45) is 2.82.